The van der Waals surface area contributed by atoms with E-state index in [0.717, 1.165) is 12.8 Å². The summed E-state index contributed by atoms with van der Waals surface area (Å²) >= 11 is 0. The fraction of sp³-hybridized carbons (Fsp3) is 0.786. The standard InChI is InChI=1S/C14H27N3O2S/c1-4-6-7-8-9-10-11-15-20(18,19)14-12-17(5-2)16-13(14)3/h12,15H,4-11H2,1-3H3. The van der Waals surface area contributed by atoms with E-state index in [-0.39, 0.29) is 0 Å². The molecule has 5 nitrogen and oxygen atoms in total. The molecule has 0 amide bonds. The van der Waals surface area contributed by atoms with Crippen LogP contribution in [0.2, 0.25) is 0 Å². The molecule has 0 aliphatic rings. The first kappa shape index (κ1) is 17.2. The lowest BCUT2D eigenvalue weighted by molar-refractivity contribution is 0.567. The summed E-state index contributed by atoms with van der Waals surface area (Å²) in [5.74, 6) is 0. The number of rotatable bonds is 10. The van der Waals surface area contributed by atoms with Gasteiger partial charge in [-0.3, -0.25) is 4.68 Å². The van der Waals surface area contributed by atoms with E-state index in [4.69, 9.17) is 0 Å². The lowest BCUT2D eigenvalue weighted by atomic mass is 10.1. The number of aromatic nitrogens is 2. The Morgan fingerprint density at radius 2 is 1.80 bits per heavy atom. The van der Waals surface area contributed by atoms with Gasteiger partial charge < -0.3 is 0 Å². The van der Waals surface area contributed by atoms with E-state index in [1.165, 1.54) is 25.7 Å². The molecule has 1 heterocycles. The van der Waals surface area contributed by atoms with Crippen molar-refractivity contribution in [3.05, 3.63) is 11.9 Å². The summed E-state index contributed by atoms with van der Waals surface area (Å²) in [5, 5.41) is 4.17. The van der Waals surface area contributed by atoms with Crippen LogP contribution in [0.1, 0.15) is 58.1 Å². The zero-order valence-electron chi connectivity index (χ0n) is 12.9. The molecule has 1 N–H and O–H groups in total. The monoisotopic (exact) mass is 301 g/mol. The highest BCUT2D eigenvalue weighted by atomic mass is 32.2. The van der Waals surface area contributed by atoms with Crippen molar-refractivity contribution in [1.82, 2.24) is 14.5 Å². The van der Waals surface area contributed by atoms with Crippen LogP contribution in [0.15, 0.2) is 11.1 Å². The van der Waals surface area contributed by atoms with Crippen molar-refractivity contribution < 1.29 is 8.42 Å². The van der Waals surface area contributed by atoms with Crippen molar-refractivity contribution in [2.24, 2.45) is 0 Å². The molecule has 0 saturated heterocycles. The minimum atomic E-state index is -3.41. The van der Waals surface area contributed by atoms with Crippen LogP contribution >= 0.6 is 0 Å². The SMILES string of the molecule is CCCCCCCCNS(=O)(=O)c1cn(CC)nc1C. The van der Waals surface area contributed by atoms with Crippen molar-refractivity contribution in [3.8, 4) is 0 Å². The molecular formula is C14H27N3O2S. The van der Waals surface area contributed by atoms with Crippen molar-refractivity contribution in [1.29, 1.82) is 0 Å². The van der Waals surface area contributed by atoms with Gasteiger partial charge in [-0.25, -0.2) is 13.1 Å². The van der Waals surface area contributed by atoms with Crippen LogP contribution in [0.5, 0.6) is 0 Å². The van der Waals surface area contributed by atoms with Gasteiger partial charge in [-0.05, 0) is 20.3 Å². The molecule has 6 heteroatoms. The lowest BCUT2D eigenvalue weighted by Crippen LogP contribution is -2.25. The molecule has 0 saturated carbocycles. The van der Waals surface area contributed by atoms with E-state index < -0.39 is 10.0 Å². The molecule has 0 radical (unpaired) electrons. The fourth-order valence-corrected chi connectivity index (χ4v) is 3.37. The minimum Gasteiger partial charge on any atom is -0.271 e. The Hall–Kier alpha value is -0.880. The summed E-state index contributed by atoms with van der Waals surface area (Å²) in [6.07, 6.45) is 8.49. The molecule has 116 valence electrons. The Balaban J connectivity index is 2.40. The molecule has 0 spiro atoms. The largest absolute Gasteiger partial charge is 0.271 e. The van der Waals surface area contributed by atoms with Gasteiger partial charge in [0.2, 0.25) is 10.0 Å². The van der Waals surface area contributed by atoms with Crippen LogP contribution < -0.4 is 4.72 Å². The first-order chi connectivity index (χ1) is 9.51. The quantitative estimate of drug-likeness (QED) is 0.676. The molecule has 20 heavy (non-hydrogen) atoms. The topological polar surface area (TPSA) is 64.0 Å². The van der Waals surface area contributed by atoms with E-state index in [1.54, 1.807) is 17.8 Å². The Labute approximate surface area is 122 Å². The average Bonchev–Trinajstić information content (AvgIpc) is 2.80. The van der Waals surface area contributed by atoms with Gasteiger partial charge >= 0.3 is 0 Å². The molecule has 1 aromatic rings. The molecule has 0 aliphatic heterocycles. The first-order valence-corrected chi connectivity index (χ1v) is 9.03. The first-order valence-electron chi connectivity index (χ1n) is 7.55. The number of nitrogens with zero attached hydrogens (tertiary/aromatic N) is 2. The Kier molecular flexibility index (Phi) is 7.23. The molecule has 0 bridgehead atoms. The summed E-state index contributed by atoms with van der Waals surface area (Å²) < 4.78 is 28.6. The van der Waals surface area contributed by atoms with E-state index in [9.17, 15) is 8.42 Å². The summed E-state index contributed by atoms with van der Waals surface area (Å²) in [4.78, 5) is 0.297. The van der Waals surface area contributed by atoms with E-state index in [0.29, 0.717) is 23.7 Å². The predicted molar refractivity (Wildman–Crippen MR) is 81.2 cm³/mol. The van der Waals surface area contributed by atoms with Gasteiger partial charge in [0, 0.05) is 19.3 Å². The Morgan fingerprint density at radius 1 is 1.15 bits per heavy atom. The van der Waals surface area contributed by atoms with Gasteiger partial charge in [0.15, 0.2) is 0 Å². The Bertz CT molecular complexity index is 495. The summed E-state index contributed by atoms with van der Waals surface area (Å²) in [6, 6.07) is 0. The van der Waals surface area contributed by atoms with Gasteiger partial charge in [-0.1, -0.05) is 39.0 Å². The zero-order chi connectivity index (χ0) is 15.0. The van der Waals surface area contributed by atoms with Gasteiger partial charge in [-0.2, -0.15) is 5.10 Å². The maximum Gasteiger partial charge on any atom is 0.243 e. The highest BCUT2D eigenvalue weighted by molar-refractivity contribution is 7.89. The number of unbranched alkanes of at least 4 members (excludes halogenated alkanes) is 5. The van der Waals surface area contributed by atoms with Crippen molar-refractivity contribution >= 4 is 10.0 Å². The average molecular weight is 301 g/mol. The normalized spacial score (nSPS) is 11.9. The molecule has 0 aliphatic carbocycles. The van der Waals surface area contributed by atoms with Crippen molar-refractivity contribution in [2.45, 2.75) is 70.7 Å². The maximum absolute atomic E-state index is 12.2. The van der Waals surface area contributed by atoms with Crippen molar-refractivity contribution in [3.63, 3.8) is 0 Å². The Morgan fingerprint density at radius 3 is 2.40 bits per heavy atom. The van der Waals surface area contributed by atoms with Gasteiger partial charge in [0.05, 0.1) is 5.69 Å². The molecule has 1 rings (SSSR count). The number of aryl methyl sites for hydroxylation is 2. The lowest BCUT2D eigenvalue weighted by Gasteiger charge is -2.05. The highest BCUT2D eigenvalue weighted by Gasteiger charge is 2.19. The minimum absolute atomic E-state index is 0.297. The highest BCUT2D eigenvalue weighted by Crippen LogP contribution is 2.13. The number of nitrogens with one attached hydrogen (secondary N) is 1. The van der Waals surface area contributed by atoms with Crippen LogP contribution in [0.25, 0.3) is 0 Å². The predicted octanol–water partition coefficient (Wildman–Crippen LogP) is 2.85. The van der Waals surface area contributed by atoms with Crippen LogP contribution in [-0.4, -0.2) is 24.7 Å². The number of sulfonamides is 1. The van der Waals surface area contributed by atoms with Crippen LogP contribution in [0, 0.1) is 6.92 Å². The number of hydrogen-bond donors (Lipinski definition) is 1. The van der Waals surface area contributed by atoms with Crippen LogP contribution in [0.3, 0.4) is 0 Å². The summed E-state index contributed by atoms with van der Waals surface area (Å²) in [7, 11) is -3.41. The molecule has 0 fully saturated rings. The second-order valence-corrected chi connectivity index (χ2v) is 6.84. The zero-order valence-corrected chi connectivity index (χ0v) is 13.7. The molecule has 0 unspecified atom stereocenters. The maximum atomic E-state index is 12.2. The van der Waals surface area contributed by atoms with Gasteiger partial charge in [0.25, 0.3) is 0 Å². The third-order valence-corrected chi connectivity index (χ3v) is 4.90. The third kappa shape index (κ3) is 5.25. The van der Waals surface area contributed by atoms with Gasteiger partial charge in [0.1, 0.15) is 4.90 Å². The number of hydrogen-bond acceptors (Lipinski definition) is 3. The van der Waals surface area contributed by atoms with E-state index >= 15 is 0 Å². The molecular weight excluding hydrogens is 274 g/mol. The third-order valence-electron chi connectivity index (χ3n) is 3.34. The smallest absolute Gasteiger partial charge is 0.243 e. The van der Waals surface area contributed by atoms with E-state index in [2.05, 4.69) is 16.7 Å². The van der Waals surface area contributed by atoms with Crippen molar-refractivity contribution in [2.75, 3.05) is 6.54 Å². The molecule has 0 aromatic carbocycles. The summed E-state index contributed by atoms with van der Waals surface area (Å²) in [5.41, 5.74) is 0.558. The van der Waals surface area contributed by atoms with Crippen LogP contribution in [-0.2, 0) is 16.6 Å². The molecule has 0 atom stereocenters. The second-order valence-electron chi connectivity index (χ2n) is 5.10. The van der Waals surface area contributed by atoms with E-state index in [1.807, 2.05) is 6.92 Å². The molecule has 1 aromatic heterocycles. The van der Waals surface area contributed by atoms with Crippen LogP contribution in [0.4, 0.5) is 0 Å². The fourth-order valence-electron chi connectivity index (χ4n) is 2.12. The van der Waals surface area contributed by atoms with Gasteiger partial charge in [-0.15, -0.1) is 0 Å². The second kappa shape index (κ2) is 8.42. The summed E-state index contributed by atoms with van der Waals surface area (Å²) in [6.45, 7) is 7.03.